The van der Waals surface area contributed by atoms with Gasteiger partial charge >= 0.3 is 6.03 Å². The Kier molecular flexibility index (Phi) is 5.39. The fourth-order valence-corrected chi connectivity index (χ4v) is 3.29. The van der Waals surface area contributed by atoms with Gasteiger partial charge in [-0.3, -0.25) is 4.98 Å². The van der Waals surface area contributed by atoms with Gasteiger partial charge in [-0.25, -0.2) is 4.79 Å². The minimum absolute atomic E-state index is 0.262. The van der Waals surface area contributed by atoms with Gasteiger partial charge in [0.25, 0.3) is 0 Å². The van der Waals surface area contributed by atoms with Gasteiger partial charge in [-0.2, -0.15) is 4.98 Å². The van der Waals surface area contributed by atoms with Gasteiger partial charge in [-0.05, 0) is 35.2 Å². The van der Waals surface area contributed by atoms with E-state index < -0.39 is 0 Å². The highest BCUT2D eigenvalue weighted by Crippen LogP contribution is 2.20. The van der Waals surface area contributed by atoms with Gasteiger partial charge in [0.15, 0.2) is 0 Å². The minimum Gasteiger partial charge on any atom is -0.339 e. The first kappa shape index (κ1) is 17.9. The van der Waals surface area contributed by atoms with Crippen molar-refractivity contribution >= 4 is 23.1 Å². The molecule has 0 unspecified atom stereocenters. The van der Waals surface area contributed by atoms with Crippen LogP contribution in [0.1, 0.15) is 16.3 Å². The molecule has 0 aliphatic heterocycles. The Bertz CT molecular complexity index is 1050. The predicted octanol–water partition coefficient (Wildman–Crippen LogP) is 4.11. The van der Waals surface area contributed by atoms with Crippen LogP contribution in [0.5, 0.6) is 0 Å². The number of anilines is 1. The molecule has 2 N–H and O–H groups in total. The van der Waals surface area contributed by atoms with Gasteiger partial charge < -0.3 is 15.2 Å². The van der Waals surface area contributed by atoms with Crippen LogP contribution >= 0.6 is 11.3 Å². The molecule has 0 saturated heterocycles. The summed E-state index contributed by atoms with van der Waals surface area (Å²) in [6.07, 6.45) is 3.78. The third-order valence-electron chi connectivity index (χ3n) is 4.00. The van der Waals surface area contributed by atoms with Gasteiger partial charge in [-0.1, -0.05) is 29.4 Å². The van der Waals surface area contributed by atoms with Crippen molar-refractivity contribution < 1.29 is 9.32 Å². The zero-order chi connectivity index (χ0) is 19.2. The van der Waals surface area contributed by atoms with Gasteiger partial charge in [0, 0.05) is 28.5 Å². The zero-order valence-electron chi connectivity index (χ0n) is 14.8. The lowest BCUT2D eigenvalue weighted by Gasteiger charge is -2.10. The number of rotatable bonds is 6. The average molecular weight is 391 g/mol. The summed E-state index contributed by atoms with van der Waals surface area (Å²) in [6, 6.07) is 14.9. The third-order valence-corrected chi connectivity index (χ3v) is 4.87. The molecule has 4 aromatic rings. The molecule has 0 aliphatic carbocycles. The summed E-state index contributed by atoms with van der Waals surface area (Å²) in [5.41, 5.74) is 2.37. The molecule has 0 spiro atoms. The molecule has 0 atom stereocenters. The monoisotopic (exact) mass is 391 g/mol. The van der Waals surface area contributed by atoms with Crippen LogP contribution < -0.4 is 10.6 Å². The fourth-order valence-electron chi connectivity index (χ4n) is 2.65. The Labute approximate surface area is 165 Å². The molecular formula is C20H17N5O2S. The van der Waals surface area contributed by atoms with Gasteiger partial charge in [0.2, 0.25) is 11.7 Å². The van der Waals surface area contributed by atoms with E-state index in [4.69, 9.17) is 4.52 Å². The number of aromatic nitrogens is 3. The topological polar surface area (TPSA) is 92.9 Å². The number of nitrogens with one attached hydrogen (secondary N) is 2. The lowest BCUT2D eigenvalue weighted by atomic mass is 10.1. The Hall–Kier alpha value is -3.52. The number of para-hydroxylation sites is 1. The Morgan fingerprint density at radius 2 is 2.04 bits per heavy atom. The number of benzene rings is 1. The maximum absolute atomic E-state index is 12.2. The summed E-state index contributed by atoms with van der Waals surface area (Å²) in [5.74, 6) is 0.953. The summed E-state index contributed by atoms with van der Waals surface area (Å²) < 4.78 is 5.36. The van der Waals surface area contributed by atoms with Crippen LogP contribution in [0.2, 0.25) is 0 Å². The molecule has 3 heterocycles. The minimum atomic E-state index is -0.262. The predicted molar refractivity (Wildman–Crippen MR) is 107 cm³/mol. The number of amides is 2. The third kappa shape index (κ3) is 4.41. The second-order valence-electron chi connectivity index (χ2n) is 5.97. The summed E-state index contributed by atoms with van der Waals surface area (Å²) in [4.78, 5) is 21.8. The SMILES string of the molecule is O=C(NCc1cccs1)Nc1ccccc1Cc1nc(-c2cccnc2)no1. The van der Waals surface area contributed by atoms with Crippen LogP contribution in [0.15, 0.2) is 70.8 Å². The second kappa shape index (κ2) is 8.45. The number of hydrogen-bond donors (Lipinski definition) is 2. The quantitative estimate of drug-likeness (QED) is 0.516. The van der Waals surface area contributed by atoms with Crippen molar-refractivity contribution in [3.05, 3.63) is 82.6 Å². The maximum atomic E-state index is 12.2. The molecule has 0 aliphatic rings. The van der Waals surface area contributed by atoms with E-state index in [-0.39, 0.29) is 6.03 Å². The standard InChI is InChI=1S/C20H17N5O2S/c26-20(22-13-16-7-4-10-28-16)23-17-8-2-1-5-14(17)11-18-24-19(25-27-18)15-6-3-9-21-12-15/h1-10,12H,11,13H2,(H2,22,23,26). The van der Waals surface area contributed by atoms with E-state index in [2.05, 4.69) is 25.8 Å². The highest BCUT2D eigenvalue weighted by Gasteiger charge is 2.13. The van der Waals surface area contributed by atoms with Gasteiger partial charge in [0.1, 0.15) is 0 Å². The van der Waals surface area contributed by atoms with E-state index in [1.807, 2.05) is 53.9 Å². The highest BCUT2D eigenvalue weighted by molar-refractivity contribution is 7.09. The molecule has 0 saturated carbocycles. The Balaban J connectivity index is 1.43. The number of urea groups is 1. The molecule has 28 heavy (non-hydrogen) atoms. The van der Waals surface area contributed by atoms with Crippen molar-refractivity contribution in [2.24, 2.45) is 0 Å². The molecule has 0 fully saturated rings. The van der Waals surface area contributed by atoms with Gasteiger partial charge in [0.05, 0.1) is 13.0 Å². The normalized spacial score (nSPS) is 10.6. The van der Waals surface area contributed by atoms with Crippen molar-refractivity contribution in [3.8, 4) is 11.4 Å². The summed E-state index contributed by atoms with van der Waals surface area (Å²) in [7, 11) is 0. The first-order chi connectivity index (χ1) is 13.8. The van der Waals surface area contributed by atoms with Crippen LogP contribution in [-0.2, 0) is 13.0 Å². The van der Waals surface area contributed by atoms with Crippen molar-refractivity contribution in [1.29, 1.82) is 0 Å². The average Bonchev–Trinajstić information content (AvgIpc) is 3.41. The summed E-state index contributed by atoms with van der Waals surface area (Å²) >= 11 is 1.60. The first-order valence-electron chi connectivity index (χ1n) is 8.66. The molecular weight excluding hydrogens is 374 g/mol. The van der Waals surface area contributed by atoms with Crippen LogP contribution in [0, 0.1) is 0 Å². The Morgan fingerprint density at radius 1 is 1.11 bits per heavy atom. The van der Waals surface area contributed by atoms with E-state index in [9.17, 15) is 4.79 Å². The summed E-state index contributed by atoms with van der Waals surface area (Å²) in [5, 5.41) is 11.7. The number of pyridine rings is 1. The fraction of sp³-hybridized carbons (Fsp3) is 0.100. The molecule has 8 heteroatoms. The highest BCUT2D eigenvalue weighted by atomic mass is 32.1. The van der Waals surface area contributed by atoms with Crippen molar-refractivity contribution in [2.45, 2.75) is 13.0 Å². The molecule has 0 bridgehead atoms. The van der Waals surface area contributed by atoms with E-state index in [0.29, 0.717) is 30.4 Å². The second-order valence-corrected chi connectivity index (χ2v) is 7.01. The van der Waals surface area contributed by atoms with E-state index in [1.165, 1.54) is 0 Å². The van der Waals surface area contributed by atoms with Crippen LogP contribution in [0.3, 0.4) is 0 Å². The molecule has 7 nitrogen and oxygen atoms in total. The molecule has 4 rings (SSSR count). The van der Waals surface area contributed by atoms with Crippen LogP contribution in [0.25, 0.3) is 11.4 Å². The smallest absolute Gasteiger partial charge is 0.319 e. The van der Waals surface area contributed by atoms with Gasteiger partial charge in [-0.15, -0.1) is 11.3 Å². The number of nitrogens with zero attached hydrogens (tertiary/aromatic N) is 3. The van der Waals surface area contributed by atoms with E-state index >= 15 is 0 Å². The molecule has 2 amide bonds. The lowest BCUT2D eigenvalue weighted by molar-refractivity contribution is 0.252. The van der Waals surface area contributed by atoms with E-state index in [1.54, 1.807) is 23.7 Å². The lowest BCUT2D eigenvalue weighted by Crippen LogP contribution is -2.28. The molecule has 0 radical (unpaired) electrons. The number of carbonyl (C=O) groups excluding carboxylic acids is 1. The van der Waals surface area contributed by atoms with Crippen molar-refractivity contribution in [3.63, 3.8) is 0 Å². The van der Waals surface area contributed by atoms with Crippen LogP contribution in [-0.4, -0.2) is 21.2 Å². The zero-order valence-corrected chi connectivity index (χ0v) is 15.6. The molecule has 3 aromatic heterocycles. The number of thiophene rings is 1. The number of carbonyl (C=O) groups is 1. The molecule has 140 valence electrons. The largest absolute Gasteiger partial charge is 0.339 e. The number of hydrogen-bond acceptors (Lipinski definition) is 6. The first-order valence-corrected chi connectivity index (χ1v) is 9.54. The molecule has 1 aromatic carbocycles. The summed E-state index contributed by atoms with van der Waals surface area (Å²) in [6.45, 7) is 0.490. The van der Waals surface area contributed by atoms with Crippen molar-refractivity contribution in [1.82, 2.24) is 20.4 Å². The van der Waals surface area contributed by atoms with E-state index in [0.717, 1.165) is 16.0 Å². The Morgan fingerprint density at radius 3 is 2.86 bits per heavy atom. The van der Waals surface area contributed by atoms with Crippen LogP contribution in [0.4, 0.5) is 10.5 Å². The van der Waals surface area contributed by atoms with Crippen molar-refractivity contribution in [2.75, 3.05) is 5.32 Å². The maximum Gasteiger partial charge on any atom is 0.319 e.